The van der Waals surface area contributed by atoms with E-state index < -0.39 is 11.9 Å². The monoisotopic (exact) mass is 310 g/mol. The van der Waals surface area contributed by atoms with Gasteiger partial charge in [-0.15, -0.1) is 0 Å². The summed E-state index contributed by atoms with van der Waals surface area (Å²) in [6.07, 6.45) is 7.06. The summed E-state index contributed by atoms with van der Waals surface area (Å²) in [6.45, 7) is -0.265. The number of alkyl halides is 3. The molecule has 0 aliphatic carbocycles. The van der Waals surface area contributed by atoms with E-state index in [2.05, 4.69) is 0 Å². The van der Waals surface area contributed by atoms with Crippen LogP contribution in [-0.4, -0.2) is 23.7 Å². The summed E-state index contributed by atoms with van der Waals surface area (Å²) in [6, 6.07) is 0. The molecule has 0 unspecified atom stereocenters. The fourth-order valence-corrected chi connectivity index (χ4v) is 2.32. The van der Waals surface area contributed by atoms with Crippen molar-refractivity contribution in [2.24, 2.45) is 0 Å². The summed E-state index contributed by atoms with van der Waals surface area (Å²) in [7, 11) is 0. The van der Waals surface area contributed by atoms with Crippen LogP contribution in [0.1, 0.15) is 83.5 Å². The third-order valence-corrected chi connectivity index (χ3v) is 3.61. The molecule has 126 valence electrons. The van der Waals surface area contributed by atoms with E-state index in [9.17, 15) is 18.0 Å². The van der Waals surface area contributed by atoms with Gasteiger partial charge in [-0.25, -0.2) is 8.78 Å². The fraction of sp³-hybridized carbons (Fsp3) is 0.938. The van der Waals surface area contributed by atoms with E-state index in [0.29, 0.717) is 32.1 Å². The van der Waals surface area contributed by atoms with E-state index in [0.717, 1.165) is 32.1 Å². The molecule has 0 fully saturated rings. The first kappa shape index (κ1) is 20.3. The third kappa shape index (κ3) is 15.5. The van der Waals surface area contributed by atoms with Crippen LogP contribution >= 0.6 is 0 Å². The highest BCUT2D eigenvalue weighted by molar-refractivity contribution is 5.66. The van der Waals surface area contributed by atoms with Crippen LogP contribution in [0.2, 0.25) is 0 Å². The van der Waals surface area contributed by atoms with Crippen LogP contribution in [0, 0.1) is 0 Å². The zero-order chi connectivity index (χ0) is 16.0. The maximum absolute atomic E-state index is 13.5. The Balaban J connectivity index is 3.40. The zero-order valence-corrected chi connectivity index (χ0v) is 12.9. The molecule has 2 nitrogen and oxygen atoms in total. The van der Waals surface area contributed by atoms with Crippen LogP contribution in [0.4, 0.5) is 13.2 Å². The average molecular weight is 310 g/mol. The van der Waals surface area contributed by atoms with Crippen LogP contribution in [0.25, 0.3) is 0 Å². The van der Waals surface area contributed by atoms with Gasteiger partial charge in [0.2, 0.25) is 5.92 Å². The molecule has 0 aromatic rings. The summed E-state index contributed by atoms with van der Waals surface area (Å²) in [5.74, 6) is -3.48. The average Bonchev–Trinajstić information content (AvgIpc) is 2.41. The molecule has 21 heavy (non-hydrogen) atoms. The molecule has 0 saturated heterocycles. The molecule has 0 spiro atoms. The van der Waals surface area contributed by atoms with Gasteiger partial charge in [0.05, 0.1) is 6.67 Å². The standard InChI is InChI=1S/C16H29F3O2/c17-14-10-5-3-1-2-4-8-12-16(18,19)13-9-6-7-11-15(20)21/h1-14H2,(H,20,21). The summed E-state index contributed by atoms with van der Waals surface area (Å²) in [5.41, 5.74) is 0. The third-order valence-electron chi connectivity index (χ3n) is 3.61. The number of hydrogen-bond donors (Lipinski definition) is 1. The molecule has 0 aromatic carbocycles. The van der Waals surface area contributed by atoms with Crippen molar-refractivity contribution in [1.29, 1.82) is 0 Å². The Hall–Kier alpha value is -0.740. The smallest absolute Gasteiger partial charge is 0.303 e. The summed E-state index contributed by atoms with van der Waals surface area (Å²) >= 11 is 0. The van der Waals surface area contributed by atoms with Gasteiger partial charge < -0.3 is 5.11 Å². The Morgan fingerprint density at radius 3 is 1.67 bits per heavy atom. The Labute approximate surface area is 126 Å². The molecule has 0 aromatic heterocycles. The van der Waals surface area contributed by atoms with Crippen molar-refractivity contribution in [3.8, 4) is 0 Å². The minimum atomic E-state index is -2.61. The first-order chi connectivity index (χ1) is 9.98. The van der Waals surface area contributed by atoms with Gasteiger partial charge in [0, 0.05) is 19.3 Å². The highest BCUT2D eigenvalue weighted by atomic mass is 19.3. The second-order valence-electron chi connectivity index (χ2n) is 5.72. The molecular formula is C16H29F3O2. The van der Waals surface area contributed by atoms with Gasteiger partial charge in [0.25, 0.3) is 0 Å². The predicted molar refractivity (Wildman–Crippen MR) is 78.6 cm³/mol. The Kier molecular flexibility index (Phi) is 12.5. The number of aliphatic carboxylic acids is 1. The second kappa shape index (κ2) is 13.0. The number of carbonyl (C=O) groups is 1. The maximum atomic E-state index is 13.5. The van der Waals surface area contributed by atoms with Crippen molar-refractivity contribution < 1.29 is 23.1 Å². The van der Waals surface area contributed by atoms with Crippen LogP contribution < -0.4 is 0 Å². The van der Waals surface area contributed by atoms with Crippen molar-refractivity contribution in [3.05, 3.63) is 0 Å². The van der Waals surface area contributed by atoms with E-state index in [1.807, 2.05) is 0 Å². The van der Waals surface area contributed by atoms with Crippen LogP contribution in [0.5, 0.6) is 0 Å². The van der Waals surface area contributed by atoms with Crippen LogP contribution in [0.3, 0.4) is 0 Å². The quantitative estimate of drug-likeness (QED) is 0.391. The van der Waals surface area contributed by atoms with E-state index >= 15 is 0 Å². The summed E-state index contributed by atoms with van der Waals surface area (Å²) < 4.78 is 38.9. The number of halogens is 3. The minimum Gasteiger partial charge on any atom is -0.481 e. The van der Waals surface area contributed by atoms with Gasteiger partial charge in [-0.1, -0.05) is 38.5 Å². The molecule has 0 rings (SSSR count). The highest BCUT2D eigenvalue weighted by Crippen LogP contribution is 2.28. The van der Waals surface area contributed by atoms with E-state index in [4.69, 9.17) is 5.11 Å². The van der Waals surface area contributed by atoms with E-state index in [1.165, 1.54) is 0 Å². The van der Waals surface area contributed by atoms with Crippen molar-refractivity contribution in [1.82, 2.24) is 0 Å². The molecule has 5 heteroatoms. The summed E-state index contributed by atoms with van der Waals surface area (Å²) in [4.78, 5) is 10.3. The lowest BCUT2D eigenvalue weighted by atomic mass is 10.0. The lowest BCUT2D eigenvalue weighted by molar-refractivity contribution is -0.137. The van der Waals surface area contributed by atoms with Crippen LogP contribution in [-0.2, 0) is 4.79 Å². The number of unbranched alkanes of at least 4 members (excludes halogenated alkanes) is 8. The first-order valence-corrected chi connectivity index (χ1v) is 8.13. The van der Waals surface area contributed by atoms with Gasteiger partial charge in [0.1, 0.15) is 0 Å². The first-order valence-electron chi connectivity index (χ1n) is 8.13. The fourth-order valence-electron chi connectivity index (χ4n) is 2.32. The molecule has 1 N–H and O–H groups in total. The molecule has 0 heterocycles. The highest BCUT2D eigenvalue weighted by Gasteiger charge is 2.26. The Morgan fingerprint density at radius 1 is 0.762 bits per heavy atom. The van der Waals surface area contributed by atoms with Gasteiger partial charge >= 0.3 is 5.97 Å². The molecule has 0 aliphatic heterocycles. The summed E-state index contributed by atoms with van der Waals surface area (Å²) in [5, 5.41) is 8.44. The number of hydrogen-bond acceptors (Lipinski definition) is 1. The Morgan fingerprint density at radius 2 is 1.19 bits per heavy atom. The van der Waals surface area contributed by atoms with E-state index in [-0.39, 0.29) is 25.9 Å². The normalized spacial score (nSPS) is 11.8. The lowest BCUT2D eigenvalue weighted by Crippen LogP contribution is -2.15. The van der Waals surface area contributed by atoms with Gasteiger partial charge in [-0.3, -0.25) is 9.18 Å². The van der Waals surface area contributed by atoms with Crippen molar-refractivity contribution in [2.45, 2.75) is 89.4 Å². The molecule has 0 saturated carbocycles. The lowest BCUT2D eigenvalue weighted by Gasteiger charge is -2.15. The van der Waals surface area contributed by atoms with Gasteiger partial charge in [0.15, 0.2) is 0 Å². The zero-order valence-electron chi connectivity index (χ0n) is 12.9. The van der Waals surface area contributed by atoms with Gasteiger partial charge in [-0.05, 0) is 25.7 Å². The molecule has 0 amide bonds. The SMILES string of the molecule is O=C(O)CCCCCC(F)(F)CCCCCCCCCF. The molecular weight excluding hydrogens is 281 g/mol. The van der Waals surface area contributed by atoms with Crippen molar-refractivity contribution in [2.75, 3.05) is 6.67 Å². The number of rotatable bonds is 15. The molecule has 0 radical (unpaired) electrons. The Bertz CT molecular complexity index is 258. The topological polar surface area (TPSA) is 37.3 Å². The van der Waals surface area contributed by atoms with Crippen molar-refractivity contribution in [3.63, 3.8) is 0 Å². The minimum absolute atomic E-state index is 0.0635. The molecule has 0 aliphatic rings. The predicted octanol–water partition coefficient (Wildman–Crippen LogP) is 5.75. The largest absolute Gasteiger partial charge is 0.481 e. The van der Waals surface area contributed by atoms with Gasteiger partial charge in [-0.2, -0.15) is 0 Å². The van der Waals surface area contributed by atoms with Crippen LogP contribution in [0.15, 0.2) is 0 Å². The molecule has 0 bridgehead atoms. The second-order valence-corrected chi connectivity index (χ2v) is 5.72. The van der Waals surface area contributed by atoms with Crippen molar-refractivity contribution >= 4 is 5.97 Å². The number of carboxylic acid groups (broad SMARTS) is 1. The van der Waals surface area contributed by atoms with E-state index in [1.54, 1.807) is 0 Å². The maximum Gasteiger partial charge on any atom is 0.303 e. The molecule has 0 atom stereocenters. The number of carboxylic acids is 1.